The molecule has 0 unspecified atom stereocenters. The average Bonchev–Trinajstić information content (AvgIpc) is 2.82. The number of nitro groups is 2. The predicted molar refractivity (Wildman–Crippen MR) is 116 cm³/mol. The molecule has 0 radical (unpaired) electrons. The zero-order valence-electron chi connectivity index (χ0n) is 16.7. The van der Waals surface area contributed by atoms with Gasteiger partial charge in [-0.3, -0.25) is 45.5 Å². The van der Waals surface area contributed by atoms with Crippen LogP contribution in [0.1, 0.15) is 31.1 Å². The molecular formula is C21H15N5O7. The van der Waals surface area contributed by atoms with Gasteiger partial charge in [-0.05, 0) is 24.3 Å². The molecule has 0 aliphatic rings. The Labute approximate surface area is 185 Å². The van der Waals surface area contributed by atoms with Gasteiger partial charge in [-0.2, -0.15) is 0 Å². The number of hydrogen-bond donors (Lipinski definition) is 3. The van der Waals surface area contributed by atoms with Crippen molar-refractivity contribution in [2.45, 2.75) is 0 Å². The lowest BCUT2D eigenvalue weighted by Crippen LogP contribution is -2.42. The van der Waals surface area contributed by atoms with Gasteiger partial charge in [-0.1, -0.05) is 30.3 Å². The van der Waals surface area contributed by atoms with Gasteiger partial charge in [-0.25, -0.2) is 0 Å². The van der Waals surface area contributed by atoms with Crippen molar-refractivity contribution in [3.63, 3.8) is 0 Å². The Morgan fingerprint density at radius 2 is 1.18 bits per heavy atom. The molecule has 0 aliphatic carbocycles. The molecule has 3 N–H and O–H groups in total. The highest BCUT2D eigenvalue weighted by atomic mass is 16.6. The lowest BCUT2D eigenvalue weighted by Gasteiger charge is -2.12. The van der Waals surface area contributed by atoms with Crippen LogP contribution in [-0.4, -0.2) is 27.6 Å². The summed E-state index contributed by atoms with van der Waals surface area (Å²) in [6.45, 7) is 0. The summed E-state index contributed by atoms with van der Waals surface area (Å²) in [7, 11) is 0. The standard InChI is InChI=1S/C21H15N5O7/c27-19(13-6-2-1-3-7-13)22-18-9-5-4-8-17(18)21(29)24-23-20(28)14-10-15(25(30)31)12-16(11-14)26(32)33/h1-12H,(H,22,27)(H,23,28)(H,24,29). The van der Waals surface area contributed by atoms with E-state index in [0.717, 1.165) is 12.1 Å². The normalized spacial score (nSPS) is 10.1. The maximum atomic E-state index is 12.6. The van der Waals surface area contributed by atoms with Crippen LogP contribution in [0.2, 0.25) is 0 Å². The number of para-hydroxylation sites is 1. The summed E-state index contributed by atoms with van der Waals surface area (Å²) in [4.78, 5) is 57.5. The molecule has 12 heteroatoms. The van der Waals surface area contributed by atoms with Gasteiger partial charge in [0.1, 0.15) is 0 Å². The van der Waals surface area contributed by atoms with Gasteiger partial charge < -0.3 is 5.32 Å². The molecular weight excluding hydrogens is 434 g/mol. The van der Waals surface area contributed by atoms with E-state index in [2.05, 4.69) is 10.7 Å². The fourth-order valence-corrected chi connectivity index (χ4v) is 2.76. The van der Waals surface area contributed by atoms with Crippen molar-refractivity contribution in [2.75, 3.05) is 5.32 Å². The van der Waals surface area contributed by atoms with Crippen LogP contribution in [0.25, 0.3) is 0 Å². The monoisotopic (exact) mass is 449 g/mol. The number of carbonyl (C=O) groups excluding carboxylic acids is 3. The summed E-state index contributed by atoms with van der Waals surface area (Å²) in [6, 6.07) is 16.7. The summed E-state index contributed by atoms with van der Waals surface area (Å²) in [6.07, 6.45) is 0. The highest BCUT2D eigenvalue weighted by Crippen LogP contribution is 2.22. The average molecular weight is 449 g/mol. The minimum Gasteiger partial charge on any atom is -0.321 e. The first kappa shape index (κ1) is 22.6. The molecule has 3 amide bonds. The SMILES string of the molecule is O=C(NNC(=O)c1ccccc1NC(=O)c1ccccc1)c1cc([N+](=O)[O-])cc([N+](=O)[O-])c1. The lowest BCUT2D eigenvalue weighted by molar-refractivity contribution is -0.394. The zero-order valence-corrected chi connectivity index (χ0v) is 16.7. The molecule has 0 atom stereocenters. The maximum Gasteiger partial charge on any atom is 0.277 e. The Kier molecular flexibility index (Phi) is 6.69. The van der Waals surface area contributed by atoms with Crippen molar-refractivity contribution >= 4 is 34.8 Å². The number of nitrogens with one attached hydrogen (secondary N) is 3. The van der Waals surface area contributed by atoms with Gasteiger partial charge in [0.05, 0.1) is 32.7 Å². The van der Waals surface area contributed by atoms with Crippen LogP contribution in [-0.2, 0) is 0 Å². The number of amides is 3. The molecule has 0 saturated carbocycles. The predicted octanol–water partition coefficient (Wildman–Crippen LogP) is 2.83. The molecule has 0 fully saturated rings. The maximum absolute atomic E-state index is 12.6. The van der Waals surface area contributed by atoms with E-state index in [9.17, 15) is 34.6 Å². The van der Waals surface area contributed by atoms with E-state index >= 15 is 0 Å². The van der Waals surface area contributed by atoms with Crippen molar-refractivity contribution in [1.29, 1.82) is 0 Å². The Balaban J connectivity index is 1.74. The molecule has 3 aromatic rings. The number of carbonyl (C=O) groups is 3. The molecule has 0 aromatic heterocycles. The van der Waals surface area contributed by atoms with Gasteiger partial charge >= 0.3 is 0 Å². The van der Waals surface area contributed by atoms with Crippen LogP contribution < -0.4 is 16.2 Å². The second kappa shape index (κ2) is 9.78. The number of anilines is 1. The van der Waals surface area contributed by atoms with Crippen molar-refractivity contribution < 1.29 is 24.2 Å². The minimum atomic E-state index is -1.01. The summed E-state index contributed by atoms with van der Waals surface area (Å²) in [5, 5.41) is 24.6. The lowest BCUT2D eigenvalue weighted by atomic mass is 10.1. The van der Waals surface area contributed by atoms with Gasteiger partial charge in [0, 0.05) is 17.7 Å². The third-order valence-electron chi connectivity index (χ3n) is 4.33. The number of non-ortho nitro benzene ring substituents is 2. The van der Waals surface area contributed by atoms with Crippen molar-refractivity contribution in [1.82, 2.24) is 10.9 Å². The first-order valence-electron chi connectivity index (χ1n) is 9.26. The van der Waals surface area contributed by atoms with Crippen molar-refractivity contribution in [2.24, 2.45) is 0 Å². The van der Waals surface area contributed by atoms with Crippen LogP contribution >= 0.6 is 0 Å². The number of hydrazine groups is 1. The van der Waals surface area contributed by atoms with Crippen LogP contribution in [0.5, 0.6) is 0 Å². The molecule has 0 saturated heterocycles. The second-order valence-electron chi connectivity index (χ2n) is 6.53. The Morgan fingerprint density at radius 3 is 1.79 bits per heavy atom. The van der Waals surface area contributed by atoms with E-state index in [1.54, 1.807) is 42.5 Å². The summed E-state index contributed by atoms with van der Waals surface area (Å²) >= 11 is 0. The van der Waals surface area contributed by atoms with Gasteiger partial charge in [0.2, 0.25) is 0 Å². The van der Waals surface area contributed by atoms with Gasteiger partial charge in [-0.15, -0.1) is 0 Å². The largest absolute Gasteiger partial charge is 0.321 e. The van der Waals surface area contributed by atoms with E-state index in [0.29, 0.717) is 11.6 Å². The highest BCUT2D eigenvalue weighted by Gasteiger charge is 2.21. The van der Waals surface area contributed by atoms with Crippen molar-refractivity contribution in [3.8, 4) is 0 Å². The van der Waals surface area contributed by atoms with E-state index in [-0.39, 0.29) is 11.3 Å². The Hall–Kier alpha value is -5.13. The van der Waals surface area contributed by atoms with Crippen LogP contribution in [0.4, 0.5) is 17.1 Å². The molecule has 0 spiro atoms. The van der Waals surface area contributed by atoms with Gasteiger partial charge in [0.25, 0.3) is 29.1 Å². The van der Waals surface area contributed by atoms with Crippen LogP contribution in [0, 0.1) is 20.2 Å². The van der Waals surface area contributed by atoms with Gasteiger partial charge in [0.15, 0.2) is 0 Å². The Morgan fingerprint density at radius 1 is 0.636 bits per heavy atom. The first-order valence-corrected chi connectivity index (χ1v) is 9.26. The van der Waals surface area contributed by atoms with E-state index in [4.69, 9.17) is 0 Å². The third-order valence-corrected chi connectivity index (χ3v) is 4.33. The third kappa shape index (κ3) is 5.52. The van der Waals surface area contributed by atoms with Crippen LogP contribution in [0.15, 0.2) is 72.8 Å². The Bertz CT molecular complexity index is 1230. The highest BCUT2D eigenvalue weighted by molar-refractivity contribution is 6.09. The molecule has 3 rings (SSSR count). The second-order valence-corrected chi connectivity index (χ2v) is 6.53. The molecule has 12 nitrogen and oxygen atoms in total. The molecule has 0 bridgehead atoms. The van der Waals surface area contributed by atoms with E-state index < -0.39 is 44.5 Å². The minimum absolute atomic E-state index is 0.0205. The summed E-state index contributed by atoms with van der Waals surface area (Å²) in [5.74, 6) is -2.27. The molecule has 33 heavy (non-hydrogen) atoms. The number of benzene rings is 3. The number of rotatable bonds is 6. The topological polar surface area (TPSA) is 174 Å². The molecule has 0 heterocycles. The number of hydrogen-bond acceptors (Lipinski definition) is 7. The van der Waals surface area contributed by atoms with E-state index in [1.807, 2.05) is 5.43 Å². The fraction of sp³-hybridized carbons (Fsp3) is 0. The summed E-state index contributed by atoms with van der Waals surface area (Å²) < 4.78 is 0. The number of nitrogens with zero attached hydrogens (tertiary/aromatic N) is 2. The zero-order chi connectivity index (χ0) is 24.0. The quantitative estimate of drug-likeness (QED) is 0.383. The first-order chi connectivity index (χ1) is 15.8. The molecule has 3 aromatic carbocycles. The van der Waals surface area contributed by atoms with E-state index in [1.165, 1.54) is 12.1 Å². The summed E-state index contributed by atoms with van der Waals surface area (Å²) in [5.41, 5.74) is 3.01. The smallest absolute Gasteiger partial charge is 0.277 e. The number of nitro benzene ring substituents is 2. The van der Waals surface area contributed by atoms with Crippen LogP contribution in [0.3, 0.4) is 0 Å². The fourth-order valence-electron chi connectivity index (χ4n) is 2.76. The molecule has 166 valence electrons. The molecule has 0 aliphatic heterocycles. The van der Waals surface area contributed by atoms with Crippen molar-refractivity contribution in [3.05, 3.63) is 110 Å².